The van der Waals surface area contributed by atoms with E-state index in [0.29, 0.717) is 33.6 Å². The predicted molar refractivity (Wildman–Crippen MR) is 127 cm³/mol. The van der Waals surface area contributed by atoms with Crippen LogP contribution in [-0.4, -0.2) is 42.2 Å². The number of halogens is 1. The summed E-state index contributed by atoms with van der Waals surface area (Å²) in [5.41, 5.74) is 0.887. The van der Waals surface area contributed by atoms with Crippen molar-refractivity contribution >= 4 is 38.9 Å². The summed E-state index contributed by atoms with van der Waals surface area (Å²) in [7, 11) is 0.732. The summed E-state index contributed by atoms with van der Waals surface area (Å²) < 4.78 is 42.7. The van der Waals surface area contributed by atoms with Crippen LogP contribution in [-0.2, 0) is 14.8 Å². The van der Waals surface area contributed by atoms with Gasteiger partial charge in [0.2, 0.25) is 0 Å². The maximum absolute atomic E-state index is 12.8. The molecule has 0 radical (unpaired) electrons. The number of methoxy groups -OCH3 is 2. The topological polar surface area (TPSA) is 94.2 Å². The molecule has 0 aromatic heterocycles. The normalized spacial score (nSPS) is 10.9. The first-order chi connectivity index (χ1) is 15.7. The quantitative estimate of drug-likeness (QED) is 0.483. The fourth-order valence-electron chi connectivity index (χ4n) is 2.90. The van der Waals surface area contributed by atoms with E-state index in [4.69, 9.17) is 25.8 Å². The highest BCUT2D eigenvalue weighted by molar-refractivity contribution is 7.92. The Labute approximate surface area is 197 Å². The van der Waals surface area contributed by atoms with Crippen LogP contribution in [0.1, 0.15) is 0 Å². The first-order valence-corrected chi connectivity index (χ1v) is 11.6. The number of nitrogens with zero attached hydrogens (tertiary/aromatic N) is 1. The number of ether oxygens (including phenoxy) is 3. The Morgan fingerprint density at radius 1 is 0.939 bits per heavy atom. The van der Waals surface area contributed by atoms with Gasteiger partial charge in [0.25, 0.3) is 15.9 Å². The third-order valence-electron chi connectivity index (χ3n) is 4.72. The first kappa shape index (κ1) is 24.2. The molecule has 0 saturated heterocycles. The number of hydrogen-bond donors (Lipinski definition) is 1. The highest BCUT2D eigenvalue weighted by atomic mass is 35.5. The van der Waals surface area contributed by atoms with Gasteiger partial charge in [0, 0.05) is 18.1 Å². The number of nitrogens with one attached hydrogen (secondary N) is 1. The number of benzene rings is 3. The van der Waals surface area contributed by atoms with Crippen LogP contribution in [0, 0.1) is 0 Å². The minimum Gasteiger partial charge on any atom is -0.497 e. The standard InChI is InChI=1S/C23H23ClN2O6S/c1-26(33(28,29)20-11-4-16(24)5-12-20)17-6-8-18(9-7-17)32-15-23(27)25-21-14-19(30-2)10-13-22(21)31-3/h4-14H,15H2,1-3H3,(H,25,27). The van der Waals surface area contributed by atoms with Crippen molar-refractivity contribution in [3.05, 3.63) is 71.8 Å². The van der Waals surface area contributed by atoms with Crippen molar-refractivity contribution in [1.82, 2.24) is 0 Å². The Morgan fingerprint density at radius 2 is 1.58 bits per heavy atom. The number of carbonyl (C=O) groups is 1. The van der Waals surface area contributed by atoms with Gasteiger partial charge in [0.15, 0.2) is 6.61 Å². The third-order valence-corrected chi connectivity index (χ3v) is 6.77. The lowest BCUT2D eigenvalue weighted by Crippen LogP contribution is -2.26. The second-order valence-corrected chi connectivity index (χ2v) is 9.23. The van der Waals surface area contributed by atoms with Crippen LogP contribution in [0.15, 0.2) is 71.6 Å². The molecule has 1 N–H and O–H groups in total. The Morgan fingerprint density at radius 3 is 2.18 bits per heavy atom. The van der Waals surface area contributed by atoms with Gasteiger partial charge in [0.1, 0.15) is 17.2 Å². The highest BCUT2D eigenvalue weighted by Crippen LogP contribution is 2.29. The third kappa shape index (κ3) is 5.88. The summed E-state index contributed by atoms with van der Waals surface area (Å²) in [5, 5.41) is 3.16. The van der Waals surface area contributed by atoms with E-state index in [-0.39, 0.29) is 11.5 Å². The predicted octanol–water partition coefficient (Wildman–Crippen LogP) is 4.20. The molecule has 0 spiro atoms. The van der Waals surface area contributed by atoms with E-state index in [1.165, 1.54) is 45.5 Å². The molecule has 0 saturated carbocycles. The summed E-state index contributed by atoms with van der Waals surface area (Å²) in [6.45, 7) is -0.251. The molecule has 33 heavy (non-hydrogen) atoms. The summed E-state index contributed by atoms with van der Waals surface area (Å²) in [5.74, 6) is 1.07. The highest BCUT2D eigenvalue weighted by Gasteiger charge is 2.21. The van der Waals surface area contributed by atoms with Gasteiger partial charge in [-0.05, 0) is 60.7 Å². The minimum absolute atomic E-state index is 0.124. The van der Waals surface area contributed by atoms with Crippen LogP contribution in [0.4, 0.5) is 11.4 Å². The fraction of sp³-hybridized carbons (Fsp3) is 0.174. The smallest absolute Gasteiger partial charge is 0.264 e. The Bertz CT molecular complexity index is 1210. The summed E-state index contributed by atoms with van der Waals surface area (Å²) in [6.07, 6.45) is 0. The van der Waals surface area contributed by atoms with Crippen molar-refractivity contribution in [2.24, 2.45) is 0 Å². The van der Waals surface area contributed by atoms with Gasteiger partial charge in [0.05, 0.1) is 30.5 Å². The van der Waals surface area contributed by atoms with E-state index in [0.717, 1.165) is 4.31 Å². The molecule has 0 aliphatic heterocycles. The fourth-order valence-corrected chi connectivity index (χ4v) is 4.22. The molecular weight excluding hydrogens is 468 g/mol. The molecule has 0 aliphatic rings. The maximum Gasteiger partial charge on any atom is 0.264 e. The molecule has 3 aromatic rings. The number of amides is 1. The van der Waals surface area contributed by atoms with E-state index < -0.39 is 15.9 Å². The maximum atomic E-state index is 12.8. The van der Waals surface area contributed by atoms with Crippen molar-refractivity contribution in [1.29, 1.82) is 0 Å². The van der Waals surface area contributed by atoms with Gasteiger partial charge < -0.3 is 19.5 Å². The van der Waals surface area contributed by atoms with Crippen LogP contribution in [0.2, 0.25) is 5.02 Å². The van der Waals surface area contributed by atoms with Crippen molar-refractivity contribution in [3.63, 3.8) is 0 Å². The van der Waals surface area contributed by atoms with Gasteiger partial charge in [-0.3, -0.25) is 9.10 Å². The van der Waals surface area contributed by atoms with Gasteiger partial charge in [-0.25, -0.2) is 8.42 Å². The molecular formula is C23H23ClN2O6S. The average molecular weight is 491 g/mol. The molecule has 0 aliphatic carbocycles. The number of sulfonamides is 1. The molecule has 0 atom stereocenters. The van der Waals surface area contributed by atoms with Crippen LogP contribution < -0.4 is 23.8 Å². The van der Waals surface area contributed by atoms with Crippen LogP contribution in [0.25, 0.3) is 0 Å². The summed E-state index contributed by atoms with van der Waals surface area (Å²) >= 11 is 5.84. The lowest BCUT2D eigenvalue weighted by atomic mass is 10.2. The van der Waals surface area contributed by atoms with E-state index in [9.17, 15) is 13.2 Å². The zero-order chi connectivity index (χ0) is 24.0. The number of anilines is 2. The van der Waals surface area contributed by atoms with Crippen LogP contribution in [0.3, 0.4) is 0 Å². The number of hydrogen-bond acceptors (Lipinski definition) is 6. The van der Waals surface area contributed by atoms with E-state index in [1.807, 2.05) is 0 Å². The van der Waals surface area contributed by atoms with E-state index in [2.05, 4.69) is 5.32 Å². The molecule has 174 valence electrons. The second-order valence-electron chi connectivity index (χ2n) is 6.82. The zero-order valence-corrected chi connectivity index (χ0v) is 19.8. The molecule has 8 nitrogen and oxygen atoms in total. The minimum atomic E-state index is -3.75. The molecule has 0 heterocycles. The molecule has 0 bridgehead atoms. The van der Waals surface area contributed by atoms with Gasteiger partial charge >= 0.3 is 0 Å². The first-order valence-electron chi connectivity index (χ1n) is 9.74. The second kappa shape index (κ2) is 10.5. The Balaban J connectivity index is 1.63. The van der Waals surface area contributed by atoms with Gasteiger partial charge in [-0.1, -0.05) is 11.6 Å². The lowest BCUT2D eigenvalue weighted by molar-refractivity contribution is -0.118. The van der Waals surface area contributed by atoms with E-state index in [1.54, 1.807) is 42.5 Å². The van der Waals surface area contributed by atoms with Gasteiger partial charge in [-0.15, -0.1) is 0 Å². The van der Waals surface area contributed by atoms with Crippen LogP contribution in [0.5, 0.6) is 17.2 Å². The largest absolute Gasteiger partial charge is 0.497 e. The number of carbonyl (C=O) groups excluding carboxylic acids is 1. The monoisotopic (exact) mass is 490 g/mol. The molecule has 3 aromatic carbocycles. The van der Waals surface area contributed by atoms with Gasteiger partial charge in [-0.2, -0.15) is 0 Å². The summed E-state index contributed by atoms with van der Waals surface area (Å²) in [4.78, 5) is 12.4. The summed E-state index contributed by atoms with van der Waals surface area (Å²) in [6, 6.07) is 17.3. The zero-order valence-electron chi connectivity index (χ0n) is 18.2. The van der Waals surface area contributed by atoms with Crippen molar-refractivity contribution < 1.29 is 27.4 Å². The van der Waals surface area contributed by atoms with E-state index >= 15 is 0 Å². The average Bonchev–Trinajstić information content (AvgIpc) is 2.82. The molecule has 10 heteroatoms. The Kier molecular flexibility index (Phi) is 7.67. The van der Waals surface area contributed by atoms with Crippen molar-refractivity contribution in [2.45, 2.75) is 4.90 Å². The molecule has 1 amide bonds. The SMILES string of the molecule is COc1ccc(OC)c(NC(=O)COc2ccc(N(C)S(=O)(=O)c3ccc(Cl)cc3)cc2)c1. The molecule has 0 fully saturated rings. The lowest BCUT2D eigenvalue weighted by Gasteiger charge is -2.20. The Hall–Kier alpha value is -3.43. The molecule has 3 rings (SSSR count). The number of rotatable bonds is 9. The van der Waals surface area contributed by atoms with Crippen molar-refractivity contribution in [3.8, 4) is 17.2 Å². The van der Waals surface area contributed by atoms with Crippen molar-refractivity contribution in [2.75, 3.05) is 37.5 Å². The van der Waals surface area contributed by atoms with Crippen LogP contribution >= 0.6 is 11.6 Å². The molecule has 0 unspecified atom stereocenters.